The van der Waals surface area contributed by atoms with E-state index in [0.29, 0.717) is 6.54 Å². The van der Waals surface area contributed by atoms with Crippen LogP contribution in [0.15, 0.2) is 18.2 Å². The Morgan fingerprint density at radius 2 is 1.78 bits per heavy atom. The van der Waals surface area contributed by atoms with Gasteiger partial charge in [-0.05, 0) is 44.1 Å². The van der Waals surface area contributed by atoms with Crippen LogP contribution in [0, 0.1) is 0 Å². The Hall–Kier alpha value is -1.27. The van der Waals surface area contributed by atoms with Gasteiger partial charge in [-0.3, -0.25) is 4.79 Å². The van der Waals surface area contributed by atoms with Gasteiger partial charge in [0.15, 0.2) is 0 Å². The molecule has 0 bridgehead atoms. The first kappa shape index (κ1) is 19.8. The van der Waals surface area contributed by atoms with Gasteiger partial charge in [0.1, 0.15) is 0 Å². The standard InChI is InChI=1S/C16H22ClF3N2O/c1-3-8-22(9-4-2)10-7-15(23)21-14-11-12(16(18,19)20)5-6-13(14)17/h5-6,11H,3-4,7-10H2,1-2H3,(H,21,23). The van der Waals surface area contributed by atoms with E-state index in [1.807, 2.05) is 0 Å². The maximum atomic E-state index is 12.7. The fourth-order valence-electron chi connectivity index (χ4n) is 2.24. The van der Waals surface area contributed by atoms with Crippen LogP contribution in [0.2, 0.25) is 5.02 Å². The first-order chi connectivity index (χ1) is 10.8. The maximum absolute atomic E-state index is 12.7. The molecule has 3 nitrogen and oxygen atoms in total. The third-order valence-corrected chi connectivity index (χ3v) is 3.63. The number of amides is 1. The Morgan fingerprint density at radius 1 is 1.17 bits per heavy atom. The van der Waals surface area contributed by atoms with Crippen molar-refractivity contribution in [1.82, 2.24) is 4.90 Å². The van der Waals surface area contributed by atoms with Crippen LogP contribution in [-0.4, -0.2) is 30.4 Å². The van der Waals surface area contributed by atoms with E-state index in [0.717, 1.165) is 44.1 Å². The molecule has 7 heteroatoms. The van der Waals surface area contributed by atoms with Crippen molar-refractivity contribution in [1.29, 1.82) is 0 Å². The Balaban J connectivity index is 2.66. The fourth-order valence-corrected chi connectivity index (χ4v) is 2.40. The van der Waals surface area contributed by atoms with Gasteiger partial charge in [-0.15, -0.1) is 0 Å². The minimum atomic E-state index is -4.47. The minimum Gasteiger partial charge on any atom is -0.325 e. The van der Waals surface area contributed by atoms with E-state index >= 15 is 0 Å². The van der Waals surface area contributed by atoms with E-state index in [2.05, 4.69) is 24.1 Å². The lowest BCUT2D eigenvalue weighted by molar-refractivity contribution is -0.137. The molecule has 0 unspecified atom stereocenters. The van der Waals surface area contributed by atoms with Crippen molar-refractivity contribution >= 4 is 23.2 Å². The number of rotatable bonds is 8. The summed E-state index contributed by atoms with van der Waals surface area (Å²) in [5, 5.41) is 2.55. The third-order valence-electron chi connectivity index (χ3n) is 3.30. The van der Waals surface area contributed by atoms with Gasteiger partial charge in [0.25, 0.3) is 0 Å². The number of benzene rings is 1. The Morgan fingerprint density at radius 3 is 2.30 bits per heavy atom. The molecule has 1 aromatic carbocycles. The molecule has 130 valence electrons. The predicted octanol–water partition coefficient (Wildman–Crippen LogP) is 4.81. The molecule has 0 fully saturated rings. The number of carbonyl (C=O) groups excluding carboxylic acids is 1. The van der Waals surface area contributed by atoms with Crippen LogP contribution in [0.3, 0.4) is 0 Å². The van der Waals surface area contributed by atoms with Gasteiger partial charge in [0.2, 0.25) is 5.91 Å². The summed E-state index contributed by atoms with van der Waals surface area (Å²) in [7, 11) is 0. The van der Waals surface area contributed by atoms with Crippen LogP contribution in [0.25, 0.3) is 0 Å². The number of nitrogens with zero attached hydrogens (tertiary/aromatic N) is 1. The average Bonchev–Trinajstić information content (AvgIpc) is 2.46. The third kappa shape index (κ3) is 6.79. The van der Waals surface area contributed by atoms with Crippen LogP contribution in [0.5, 0.6) is 0 Å². The number of anilines is 1. The number of hydrogen-bond donors (Lipinski definition) is 1. The summed E-state index contributed by atoms with van der Waals surface area (Å²) in [5.41, 5.74) is -0.847. The van der Waals surface area contributed by atoms with Crippen LogP contribution in [0.1, 0.15) is 38.7 Å². The van der Waals surface area contributed by atoms with Crippen LogP contribution < -0.4 is 5.32 Å². The lowest BCUT2D eigenvalue weighted by atomic mass is 10.2. The molecule has 0 aliphatic carbocycles. The number of hydrogen-bond acceptors (Lipinski definition) is 2. The monoisotopic (exact) mass is 350 g/mol. The maximum Gasteiger partial charge on any atom is 0.416 e. The molecular weight excluding hydrogens is 329 g/mol. The average molecular weight is 351 g/mol. The molecule has 0 saturated heterocycles. The van der Waals surface area contributed by atoms with Crippen molar-refractivity contribution in [3.63, 3.8) is 0 Å². The second-order valence-corrected chi connectivity index (χ2v) is 5.74. The molecule has 0 aliphatic heterocycles. The van der Waals surface area contributed by atoms with Crippen molar-refractivity contribution in [2.45, 2.75) is 39.3 Å². The van der Waals surface area contributed by atoms with E-state index in [9.17, 15) is 18.0 Å². The van der Waals surface area contributed by atoms with E-state index in [4.69, 9.17) is 11.6 Å². The van der Waals surface area contributed by atoms with E-state index < -0.39 is 11.7 Å². The van der Waals surface area contributed by atoms with Crippen molar-refractivity contribution in [3.05, 3.63) is 28.8 Å². The fraction of sp³-hybridized carbons (Fsp3) is 0.562. The number of carbonyl (C=O) groups is 1. The molecule has 0 radical (unpaired) electrons. The van der Waals surface area contributed by atoms with Crippen molar-refractivity contribution < 1.29 is 18.0 Å². The molecule has 0 aromatic heterocycles. The zero-order chi connectivity index (χ0) is 17.5. The Bertz CT molecular complexity index is 515. The summed E-state index contributed by atoms with van der Waals surface area (Å²) in [6.45, 7) is 6.48. The normalized spacial score (nSPS) is 11.8. The first-order valence-corrected chi connectivity index (χ1v) is 8.04. The van der Waals surface area contributed by atoms with Crippen molar-refractivity contribution in [2.24, 2.45) is 0 Å². The highest BCUT2D eigenvalue weighted by atomic mass is 35.5. The molecule has 0 heterocycles. The van der Waals surface area contributed by atoms with Crippen molar-refractivity contribution in [2.75, 3.05) is 25.0 Å². The highest BCUT2D eigenvalue weighted by Crippen LogP contribution is 2.33. The van der Waals surface area contributed by atoms with Crippen LogP contribution in [0.4, 0.5) is 18.9 Å². The van der Waals surface area contributed by atoms with Crippen molar-refractivity contribution in [3.8, 4) is 0 Å². The van der Waals surface area contributed by atoms with Gasteiger partial charge < -0.3 is 10.2 Å². The summed E-state index contributed by atoms with van der Waals surface area (Å²) in [6.07, 6.45) is -2.28. The highest BCUT2D eigenvalue weighted by molar-refractivity contribution is 6.33. The predicted molar refractivity (Wildman–Crippen MR) is 86.7 cm³/mol. The second-order valence-electron chi connectivity index (χ2n) is 5.33. The lowest BCUT2D eigenvalue weighted by Gasteiger charge is -2.20. The molecule has 0 atom stereocenters. The Labute approximate surface area is 139 Å². The number of nitrogens with one attached hydrogen (secondary N) is 1. The first-order valence-electron chi connectivity index (χ1n) is 7.66. The highest BCUT2D eigenvalue weighted by Gasteiger charge is 2.31. The molecule has 0 saturated carbocycles. The topological polar surface area (TPSA) is 32.3 Å². The van der Waals surface area contributed by atoms with Crippen LogP contribution >= 0.6 is 11.6 Å². The van der Waals surface area contributed by atoms with Gasteiger partial charge in [-0.25, -0.2) is 0 Å². The van der Waals surface area contributed by atoms with Gasteiger partial charge >= 0.3 is 6.18 Å². The minimum absolute atomic E-state index is 0.0102. The summed E-state index contributed by atoms with van der Waals surface area (Å²) in [4.78, 5) is 14.1. The number of halogens is 4. The number of alkyl halides is 3. The van der Waals surface area contributed by atoms with E-state index in [1.54, 1.807) is 0 Å². The zero-order valence-corrected chi connectivity index (χ0v) is 14.1. The molecule has 1 amide bonds. The van der Waals surface area contributed by atoms with Gasteiger partial charge in [-0.1, -0.05) is 25.4 Å². The molecule has 23 heavy (non-hydrogen) atoms. The largest absolute Gasteiger partial charge is 0.416 e. The SMILES string of the molecule is CCCN(CCC)CCC(=O)Nc1cc(C(F)(F)F)ccc1Cl. The summed E-state index contributed by atoms with van der Waals surface area (Å²) >= 11 is 5.86. The Kier molecular flexibility index (Phi) is 7.85. The summed E-state index contributed by atoms with van der Waals surface area (Å²) in [6, 6.07) is 2.89. The molecule has 1 aromatic rings. The van der Waals surface area contributed by atoms with E-state index in [-0.39, 0.29) is 23.0 Å². The molecule has 1 N–H and O–H groups in total. The summed E-state index contributed by atoms with van der Waals surface area (Å²) in [5.74, 6) is -0.344. The quantitative estimate of drug-likeness (QED) is 0.729. The van der Waals surface area contributed by atoms with Gasteiger partial charge in [-0.2, -0.15) is 13.2 Å². The molecular formula is C16H22ClF3N2O. The van der Waals surface area contributed by atoms with Crippen LogP contribution in [-0.2, 0) is 11.0 Å². The van der Waals surface area contributed by atoms with E-state index in [1.165, 1.54) is 0 Å². The van der Waals surface area contributed by atoms with Gasteiger partial charge in [0.05, 0.1) is 16.3 Å². The smallest absolute Gasteiger partial charge is 0.325 e. The summed E-state index contributed by atoms with van der Waals surface area (Å²) < 4.78 is 38.1. The van der Waals surface area contributed by atoms with Gasteiger partial charge in [0, 0.05) is 13.0 Å². The molecule has 0 aliphatic rings. The second kappa shape index (κ2) is 9.13. The lowest BCUT2D eigenvalue weighted by Crippen LogP contribution is -2.29. The molecule has 1 rings (SSSR count). The molecule has 0 spiro atoms. The zero-order valence-electron chi connectivity index (χ0n) is 13.3.